The molecule has 7 heteroatoms. The number of carbonyl (C=O) groups is 1. The summed E-state index contributed by atoms with van der Waals surface area (Å²) in [6.45, 7) is 4.18. The van der Waals surface area contributed by atoms with Crippen LogP contribution in [0.4, 0.5) is 0 Å². The predicted molar refractivity (Wildman–Crippen MR) is 109 cm³/mol. The quantitative estimate of drug-likeness (QED) is 0.355. The summed E-state index contributed by atoms with van der Waals surface area (Å²) in [5.74, 6) is 1.35. The van der Waals surface area contributed by atoms with Crippen LogP contribution in [0, 0.1) is 0 Å². The average molecular weight is 396 g/mol. The van der Waals surface area contributed by atoms with E-state index in [-0.39, 0.29) is 29.9 Å². The number of Topliss-reactive ketones (excluding diaryl/α,β-unsaturated/α-hetero) is 1. The molecule has 1 unspecified atom stereocenters. The van der Waals surface area contributed by atoms with E-state index in [9.17, 15) is 9.59 Å². The molecule has 0 radical (unpaired) electrons. The minimum absolute atomic E-state index is 0.00671. The molecule has 3 aromatic rings. The topological polar surface area (TPSA) is 70.4 Å². The molecular weight excluding hydrogens is 376 g/mol. The van der Waals surface area contributed by atoms with E-state index < -0.39 is 0 Å². The highest BCUT2D eigenvalue weighted by molar-refractivity contribution is 7.99. The van der Waals surface area contributed by atoms with Gasteiger partial charge < -0.3 is 9.47 Å². The van der Waals surface area contributed by atoms with E-state index in [0.29, 0.717) is 33.1 Å². The normalized spacial score (nSPS) is 13.6. The highest BCUT2D eigenvalue weighted by atomic mass is 32.2. The lowest BCUT2D eigenvalue weighted by Gasteiger charge is -2.18. The van der Waals surface area contributed by atoms with Gasteiger partial charge >= 0.3 is 0 Å². The van der Waals surface area contributed by atoms with Gasteiger partial charge in [0.1, 0.15) is 0 Å². The molecule has 0 N–H and O–H groups in total. The Morgan fingerprint density at radius 1 is 1.21 bits per heavy atom. The predicted octanol–water partition coefficient (Wildman–Crippen LogP) is 4.07. The molecule has 1 aromatic heterocycles. The Morgan fingerprint density at radius 2 is 2.00 bits per heavy atom. The lowest BCUT2D eigenvalue weighted by molar-refractivity contribution is 0.102. The largest absolute Gasteiger partial charge is 0.454 e. The van der Waals surface area contributed by atoms with Crippen LogP contribution in [0.25, 0.3) is 10.9 Å². The van der Waals surface area contributed by atoms with Crippen molar-refractivity contribution in [1.82, 2.24) is 9.55 Å². The molecular formula is C21H20N2O4S. The van der Waals surface area contributed by atoms with Gasteiger partial charge in [-0.2, -0.15) is 0 Å². The monoisotopic (exact) mass is 396 g/mol. The van der Waals surface area contributed by atoms with Gasteiger partial charge in [-0.3, -0.25) is 14.2 Å². The van der Waals surface area contributed by atoms with Gasteiger partial charge in [0.05, 0.1) is 16.7 Å². The fourth-order valence-corrected chi connectivity index (χ4v) is 4.07. The molecule has 1 atom stereocenters. The van der Waals surface area contributed by atoms with Crippen LogP contribution in [-0.2, 0) is 0 Å². The van der Waals surface area contributed by atoms with Crippen molar-refractivity contribution in [3.05, 3.63) is 58.4 Å². The summed E-state index contributed by atoms with van der Waals surface area (Å²) < 4.78 is 12.3. The summed E-state index contributed by atoms with van der Waals surface area (Å²) in [6, 6.07) is 12.5. The second kappa shape index (κ2) is 7.67. The molecule has 1 aliphatic rings. The van der Waals surface area contributed by atoms with Crippen LogP contribution < -0.4 is 15.0 Å². The van der Waals surface area contributed by atoms with Crippen molar-refractivity contribution in [3.8, 4) is 11.5 Å². The van der Waals surface area contributed by atoms with Crippen LogP contribution in [0.1, 0.15) is 36.7 Å². The van der Waals surface area contributed by atoms with E-state index in [1.807, 2.05) is 32.0 Å². The zero-order chi connectivity index (χ0) is 19.7. The number of fused-ring (bicyclic) bond motifs is 2. The molecule has 0 saturated carbocycles. The summed E-state index contributed by atoms with van der Waals surface area (Å²) in [5.41, 5.74) is 1.12. The van der Waals surface area contributed by atoms with Crippen LogP contribution in [0.5, 0.6) is 11.5 Å². The number of ketones is 1. The summed E-state index contributed by atoms with van der Waals surface area (Å²) in [5, 5.41) is 1.15. The number of nitrogens with zero attached hydrogens (tertiary/aromatic N) is 2. The fourth-order valence-electron chi connectivity index (χ4n) is 3.08. The lowest BCUT2D eigenvalue weighted by Crippen LogP contribution is -2.26. The molecule has 1 aliphatic heterocycles. The first-order valence-electron chi connectivity index (χ1n) is 9.15. The molecule has 0 spiro atoms. The van der Waals surface area contributed by atoms with Crippen LogP contribution in [0.2, 0.25) is 0 Å². The van der Waals surface area contributed by atoms with Gasteiger partial charge in [-0.25, -0.2) is 4.98 Å². The molecule has 0 amide bonds. The number of thioether (sulfide) groups is 1. The van der Waals surface area contributed by atoms with Gasteiger partial charge in [-0.1, -0.05) is 30.8 Å². The first-order chi connectivity index (χ1) is 13.6. The third kappa shape index (κ3) is 3.38. The number of aromatic nitrogens is 2. The number of carbonyl (C=O) groups excluding carboxylic acids is 1. The summed E-state index contributed by atoms with van der Waals surface area (Å²) in [6.07, 6.45) is 0.795. The highest BCUT2D eigenvalue weighted by Gasteiger charge is 2.19. The second-order valence-electron chi connectivity index (χ2n) is 6.62. The Morgan fingerprint density at radius 3 is 2.82 bits per heavy atom. The Hall–Kier alpha value is -2.80. The van der Waals surface area contributed by atoms with Crippen molar-refractivity contribution in [2.75, 3.05) is 12.5 Å². The zero-order valence-electron chi connectivity index (χ0n) is 15.7. The third-order valence-electron chi connectivity index (χ3n) is 4.83. The number of hydrogen-bond acceptors (Lipinski definition) is 6. The Labute approximate surface area is 166 Å². The summed E-state index contributed by atoms with van der Waals surface area (Å²) in [7, 11) is 0. The minimum Gasteiger partial charge on any atom is -0.454 e. The standard InChI is InChI=1S/C21H20N2O4S/c1-3-13(2)23-20(25)15-6-4-5-7-16(15)22-21(23)28-11-17(24)14-8-9-18-19(10-14)27-12-26-18/h4-10,13H,3,11-12H2,1-2H3. The van der Waals surface area contributed by atoms with E-state index in [0.717, 1.165) is 6.42 Å². The van der Waals surface area contributed by atoms with Crippen LogP contribution >= 0.6 is 11.8 Å². The van der Waals surface area contributed by atoms with E-state index >= 15 is 0 Å². The lowest BCUT2D eigenvalue weighted by atomic mass is 10.1. The Bertz CT molecular complexity index is 1110. The summed E-state index contributed by atoms with van der Waals surface area (Å²) >= 11 is 1.29. The van der Waals surface area contributed by atoms with Gasteiger partial charge in [0, 0.05) is 11.6 Å². The van der Waals surface area contributed by atoms with E-state index in [1.54, 1.807) is 28.8 Å². The van der Waals surface area contributed by atoms with Gasteiger partial charge in [0.25, 0.3) is 5.56 Å². The van der Waals surface area contributed by atoms with Crippen molar-refractivity contribution in [3.63, 3.8) is 0 Å². The number of ether oxygens (including phenoxy) is 2. The van der Waals surface area contributed by atoms with Gasteiger partial charge in [-0.05, 0) is 43.7 Å². The zero-order valence-corrected chi connectivity index (χ0v) is 16.5. The molecule has 4 rings (SSSR count). The molecule has 0 aliphatic carbocycles. The van der Waals surface area contributed by atoms with E-state index in [1.165, 1.54) is 11.8 Å². The van der Waals surface area contributed by atoms with E-state index in [2.05, 4.69) is 4.98 Å². The first-order valence-corrected chi connectivity index (χ1v) is 10.1. The van der Waals surface area contributed by atoms with Crippen molar-refractivity contribution in [1.29, 1.82) is 0 Å². The first kappa shape index (κ1) is 18.6. The highest BCUT2D eigenvalue weighted by Crippen LogP contribution is 2.33. The molecule has 6 nitrogen and oxygen atoms in total. The fraction of sp³-hybridized carbons (Fsp3) is 0.286. The maximum Gasteiger partial charge on any atom is 0.262 e. The molecule has 0 bridgehead atoms. The molecule has 144 valence electrons. The number of hydrogen-bond donors (Lipinski definition) is 0. The third-order valence-corrected chi connectivity index (χ3v) is 5.79. The second-order valence-corrected chi connectivity index (χ2v) is 7.57. The average Bonchev–Trinajstić information content (AvgIpc) is 3.19. The van der Waals surface area contributed by atoms with Gasteiger partial charge in [0.2, 0.25) is 6.79 Å². The van der Waals surface area contributed by atoms with Crippen molar-refractivity contribution in [2.45, 2.75) is 31.5 Å². The van der Waals surface area contributed by atoms with Gasteiger partial charge in [0.15, 0.2) is 22.4 Å². The molecule has 28 heavy (non-hydrogen) atoms. The van der Waals surface area contributed by atoms with E-state index in [4.69, 9.17) is 9.47 Å². The molecule has 2 heterocycles. The smallest absolute Gasteiger partial charge is 0.262 e. The minimum atomic E-state index is -0.0713. The SMILES string of the molecule is CCC(C)n1c(SCC(=O)c2ccc3c(c2)OCO3)nc2ccccc2c1=O. The maximum atomic E-state index is 13.0. The van der Waals surface area contributed by atoms with Crippen LogP contribution in [0.3, 0.4) is 0 Å². The summed E-state index contributed by atoms with van der Waals surface area (Å²) in [4.78, 5) is 30.3. The Kier molecular flexibility index (Phi) is 5.09. The molecule has 0 saturated heterocycles. The van der Waals surface area contributed by atoms with Crippen LogP contribution in [0.15, 0.2) is 52.4 Å². The number of benzene rings is 2. The van der Waals surface area contributed by atoms with Crippen molar-refractivity contribution < 1.29 is 14.3 Å². The number of rotatable bonds is 6. The maximum absolute atomic E-state index is 13.0. The molecule has 2 aromatic carbocycles. The van der Waals surface area contributed by atoms with Crippen molar-refractivity contribution in [2.24, 2.45) is 0 Å². The van der Waals surface area contributed by atoms with Crippen molar-refractivity contribution >= 4 is 28.4 Å². The molecule has 0 fully saturated rings. The van der Waals surface area contributed by atoms with Gasteiger partial charge in [-0.15, -0.1) is 0 Å². The van der Waals surface area contributed by atoms with Crippen LogP contribution in [-0.4, -0.2) is 27.9 Å². The number of para-hydroxylation sites is 1. The Balaban J connectivity index is 1.63.